The predicted molar refractivity (Wildman–Crippen MR) is 194 cm³/mol. The molecule has 1 fully saturated rings. The van der Waals surface area contributed by atoms with Crippen LogP contribution in [0.1, 0.15) is 93.0 Å². The lowest BCUT2D eigenvalue weighted by molar-refractivity contribution is -0.158. The SMILES string of the molecule is CC(=O)O[C@H](C(=O)C=C(C(=O)CCCCCCCCCCO)c1cccc(C)c1)[C@H](Cc1ccccc1)C(=O)N1C(=O)OC[C@@H]1c1ccccc1. The van der Waals surface area contributed by atoms with Crippen molar-refractivity contribution in [3.63, 3.8) is 0 Å². The maximum Gasteiger partial charge on any atom is 0.417 e. The number of amides is 2. The summed E-state index contributed by atoms with van der Waals surface area (Å²) in [6.45, 7) is 3.20. The van der Waals surface area contributed by atoms with Gasteiger partial charge in [0.05, 0.1) is 5.92 Å². The van der Waals surface area contributed by atoms with Crippen molar-refractivity contribution in [2.24, 2.45) is 5.92 Å². The maximum absolute atomic E-state index is 14.5. The minimum atomic E-state index is -1.63. The molecule has 1 N–H and O–H groups in total. The summed E-state index contributed by atoms with van der Waals surface area (Å²) >= 11 is 0. The Hall–Kier alpha value is -4.89. The van der Waals surface area contributed by atoms with Crippen LogP contribution in [0.4, 0.5) is 4.79 Å². The van der Waals surface area contributed by atoms with Gasteiger partial charge in [-0.2, -0.15) is 0 Å². The smallest absolute Gasteiger partial charge is 0.417 e. The van der Waals surface area contributed by atoms with Gasteiger partial charge in [0.15, 0.2) is 17.7 Å². The second-order valence-corrected chi connectivity index (χ2v) is 13.1. The van der Waals surface area contributed by atoms with Gasteiger partial charge in [0.25, 0.3) is 0 Å². The Balaban J connectivity index is 1.65. The third-order valence-corrected chi connectivity index (χ3v) is 9.08. The van der Waals surface area contributed by atoms with E-state index in [-0.39, 0.29) is 37.4 Å². The van der Waals surface area contributed by atoms with E-state index in [2.05, 4.69) is 0 Å². The van der Waals surface area contributed by atoms with Crippen molar-refractivity contribution < 1.29 is 38.6 Å². The zero-order valence-corrected chi connectivity index (χ0v) is 29.6. The van der Waals surface area contributed by atoms with Gasteiger partial charge >= 0.3 is 12.1 Å². The van der Waals surface area contributed by atoms with Crippen molar-refractivity contribution in [2.75, 3.05) is 13.2 Å². The van der Waals surface area contributed by atoms with Crippen molar-refractivity contribution in [3.8, 4) is 0 Å². The van der Waals surface area contributed by atoms with Crippen molar-refractivity contribution in [1.82, 2.24) is 4.90 Å². The zero-order valence-electron chi connectivity index (χ0n) is 29.6. The molecule has 2 amide bonds. The van der Waals surface area contributed by atoms with Crippen LogP contribution in [0.15, 0.2) is 91.0 Å². The standard InChI is InChI=1S/C42H49NO8/c1-30-18-17-23-34(26-30)35(38(46)24-15-7-5-3-4-6-8-16-25-44)28-39(47)40(51-31(2)45)36(27-32-19-11-9-12-20-32)41(48)43-37(29-50-42(43)49)33-21-13-10-14-22-33/h9-14,17-23,26,28,36-37,40,44H,3-8,15-16,24-25,27,29H2,1-2H3/t36-,37+,40-/m0/s1. The van der Waals surface area contributed by atoms with Gasteiger partial charge in [-0.1, -0.05) is 129 Å². The van der Waals surface area contributed by atoms with Crippen LogP contribution in [0.5, 0.6) is 0 Å². The Morgan fingerprint density at radius 2 is 1.49 bits per heavy atom. The molecular formula is C42H49NO8. The number of carbonyl (C=O) groups excluding carboxylic acids is 5. The maximum atomic E-state index is 14.5. The van der Waals surface area contributed by atoms with E-state index in [0.29, 0.717) is 23.1 Å². The average molecular weight is 696 g/mol. The second-order valence-electron chi connectivity index (χ2n) is 13.1. The molecule has 0 unspecified atom stereocenters. The number of ketones is 2. The number of rotatable bonds is 20. The van der Waals surface area contributed by atoms with Crippen molar-refractivity contribution >= 4 is 35.1 Å². The quantitative estimate of drug-likeness (QED) is 0.0730. The minimum Gasteiger partial charge on any atom is -0.453 e. The molecule has 0 aliphatic carbocycles. The number of ether oxygens (including phenoxy) is 2. The first-order chi connectivity index (χ1) is 24.7. The first-order valence-electron chi connectivity index (χ1n) is 17.9. The molecule has 0 spiro atoms. The highest BCUT2D eigenvalue weighted by Crippen LogP contribution is 2.32. The van der Waals surface area contributed by atoms with E-state index in [4.69, 9.17) is 14.6 Å². The second kappa shape index (κ2) is 20.1. The van der Waals surface area contributed by atoms with Crippen LogP contribution in [0.25, 0.3) is 5.57 Å². The molecule has 3 aromatic carbocycles. The number of hydrogen-bond donors (Lipinski definition) is 1. The Labute approximate surface area is 300 Å². The molecule has 0 saturated carbocycles. The number of cyclic esters (lactones) is 1. The number of hydrogen-bond acceptors (Lipinski definition) is 8. The fourth-order valence-corrected chi connectivity index (χ4v) is 6.43. The van der Waals surface area contributed by atoms with E-state index < -0.39 is 41.8 Å². The molecule has 1 aliphatic heterocycles. The normalized spacial score (nSPS) is 15.6. The fourth-order valence-electron chi connectivity index (χ4n) is 6.43. The van der Waals surface area contributed by atoms with Crippen LogP contribution in [-0.2, 0) is 35.1 Å². The number of allylic oxidation sites excluding steroid dienone is 1. The van der Waals surface area contributed by atoms with Crippen LogP contribution >= 0.6 is 0 Å². The van der Waals surface area contributed by atoms with Crippen LogP contribution in [0.3, 0.4) is 0 Å². The highest BCUT2D eigenvalue weighted by molar-refractivity contribution is 6.25. The van der Waals surface area contributed by atoms with E-state index in [1.165, 1.54) is 6.08 Å². The summed E-state index contributed by atoms with van der Waals surface area (Å²) in [5.41, 5.74) is 3.00. The molecule has 3 aromatic rings. The minimum absolute atomic E-state index is 0.0176. The van der Waals surface area contributed by atoms with Crippen molar-refractivity contribution in [1.29, 1.82) is 0 Å². The van der Waals surface area contributed by atoms with Gasteiger partial charge in [-0.05, 0) is 49.0 Å². The number of esters is 1. The van der Waals surface area contributed by atoms with Gasteiger partial charge in [-0.25, -0.2) is 9.69 Å². The van der Waals surface area contributed by atoms with E-state index >= 15 is 0 Å². The predicted octanol–water partition coefficient (Wildman–Crippen LogP) is 7.53. The summed E-state index contributed by atoms with van der Waals surface area (Å²) in [5, 5.41) is 8.96. The van der Waals surface area contributed by atoms with Gasteiger partial charge in [-0.3, -0.25) is 19.2 Å². The lowest BCUT2D eigenvalue weighted by Crippen LogP contribution is -2.47. The fraction of sp³-hybridized carbons (Fsp3) is 0.405. The molecular weight excluding hydrogens is 646 g/mol. The Kier molecular flexibility index (Phi) is 15.3. The molecule has 9 heteroatoms. The lowest BCUT2D eigenvalue weighted by Gasteiger charge is -2.29. The Morgan fingerprint density at radius 3 is 2.12 bits per heavy atom. The number of carbonyl (C=O) groups is 5. The van der Waals surface area contributed by atoms with Crippen LogP contribution < -0.4 is 0 Å². The molecule has 1 saturated heterocycles. The first kappa shape index (κ1) is 38.9. The van der Waals surface area contributed by atoms with Crippen molar-refractivity contribution in [2.45, 2.75) is 90.2 Å². The number of aryl methyl sites for hydroxylation is 1. The molecule has 270 valence electrons. The largest absolute Gasteiger partial charge is 0.453 e. The van der Waals surface area contributed by atoms with E-state index in [1.807, 2.05) is 31.2 Å². The molecule has 0 aromatic heterocycles. The van der Waals surface area contributed by atoms with Gasteiger partial charge in [0, 0.05) is 25.5 Å². The number of aliphatic hydroxyl groups excluding tert-OH is 1. The lowest BCUT2D eigenvalue weighted by atomic mass is 9.87. The summed E-state index contributed by atoms with van der Waals surface area (Å²) in [5.74, 6) is -3.75. The van der Waals surface area contributed by atoms with Gasteiger partial charge < -0.3 is 14.6 Å². The molecule has 1 heterocycles. The van der Waals surface area contributed by atoms with Gasteiger partial charge in [0.1, 0.15) is 12.6 Å². The molecule has 0 radical (unpaired) electrons. The molecule has 51 heavy (non-hydrogen) atoms. The van der Waals surface area contributed by atoms with Gasteiger partial charge in [0.2, 0.25) is 5.91 Å². The number of Topliss-reactive ketones (excluding diaryl/α,β-unsaturated/α-hetero) is 1. The Morgan fingerprint density at radius 1 is 0.863 bits per heavy atom. The first-order valence-corrected chi connectivity index (χ1v) is 17.9. The molecule has 0 bridgehead atoms. The van der Waals surface area contributed by atoms with Crippen molar-refractivity contribution in [3.05, 3.63) is 113 Å². The zero-order chi connectivity index (χ0) is 36.6. The topological polar surface area (TPSA) is 127 Å². The monoisotopic (exact) mass is 695 g/mol. The van der Waals surface area contributed by atoms with Gasteiger partial charge in [-0.15, -0.1) is 0 Å². The number of imide groups is 1. The summed E-state index contributed by atoms with van der Waals surface area (Å²) in [4.78, 5) is 69.3. The Bertz CT molecular complexity index is 1650. The summed E-state index contributed by atoms with van der Waals surface area (Å²) < 4.78 is 11.0. The van der Waals surface area contributed by atoms with E-state index in [9.17, 15) is 24.0 Å². The third kappa shape index (κ3) is 11.6. The highest BCUT2D eigenvalue weighted by atomic mass is 16.6. The number of benzene rings is 3. The number of aliphatic hydroxyl groups is 1. The highest BCUT2D eigenvalue weighted by Gasteiger charge is 2.46. The van der Waals surface area contributed by atoms with E-state index in [0.717, 1.165) is 62.3 Å². The number of unbranched alkanes of at least 4 members (excludes halogenated alkanes) is 7. The third-order valence-electron chi connectivity index (χ3n) is 9.08. The average Bonchev–Trinajstić information content (AvgIpc) is 3.52. The summed E-state index contributed by atoms with van der Waals surface area (Å²) in [6.07, 6.45) is 6.46. The van der Waals surface area contributed by atoms with E-state index in [1.54, 1.807) is 60.7 Å². The summed E-state index contributed by atoms with van der Waals surface area (Å²) in [7, 11) is 0. The number of nitrogens with zero attached hydrogens (tertiary/aromatic N) is 1. The molecule has 4 rings (SSSR count). The molecule has 3 atom stereocenters. The summed E-state index contributed by atoms with van der Waals surface area (Å²) in [6, 6.07) is 24.5. The van der Waals surface area contributed by atoms with Crippen LogP contribution in [0.2, 0.25) is 0 Å². The van der Waals surface area contributed by atoms with Crippen LogP contribution in [0, 0.1) is 12.8 Å². The molecule has 9 nitrogen and oxygen atoms in total. The molecule has 1 aliphatic rings. The van der Waals surface area contributed by atoms with Crippen LogP contribution in [-0.4, -0.2) is 58.9 Å².